The molecular weight excluding hydrogens is 390 g/mol. The van der Waals surface area contributed by atoms with Gasteiger partial charge in [-0.3, -0.25) is 14.9 Å². The molecule has 31 heavy (non-hydrogen) atoms. The van der Waals surface area contributed by atoms with Crippen LogP contribution in [0.15, 0.2) is 60.2 Å². The van der Waals surface area contributed by atoms with E-state index in [1.807, 2.05) is 64.1 Å². The lowest BCUT2D eigenvalue weighted by molar-refractivity contribution is -0.122. The van der Waals surface area contributed by atoms with E-state index in [1.54, 1.807) is 18.2 Å². The molecule has 6 nitrogen and oxygen atoms in total. The number of benzene rings is 2. The van der Waals surface area contributed by atoms with Gasteiger partial charge in [-0.05, 0) is 74.7 Å². The molecule has 2 aromatic carbocycles. The number of hydrogen-bond acceptors (Lipinski definition) is 3. The lowest BCUT2D eigenvalue weighted by Crippen LogP contribution is -2.54. The zero-order valence-electron chi connectivity index (χ0n) is 17.9. The van der Waals surface area contributed by atoms with Gasteiger partial charge in [0.15, 0.2) is 0 Å². The SMILES string of the molecule is Cc1cccc(-n2c(C)cc(/C=C3\C(=O)NC(=O)N(c4ccccc4C)C3=O)c2C)c1. The number of aromatic nitrogens is 1. The number of aryl methyl sites for hydroxylation is 3. The van der Waals surface area contributed by atoms with Crippen LogP contribution in [0.1, 0.15) is 28.1 Å². The monoisotopic (exact) mass is 413 g/mol. The third kappa shape index (κ3) is 3.57. The molecule has 1 aromatic heterocycles. The van der Waals surface area contributed by atoms with Crippen LogP contribution < -0.4 is 10.2 Å². The number of carbonyl (C=O) groups excluding carboxylic acids is 3. The highest BCUT2D eigenvalue weighted by Gasteiger charge is 2.37. The molecular formula is C25H23N3O3. The van der Waals surface area contributed by atoms with Gasteiger partial charge in [0.25, 0.3) is 11.8 Å². The quantitative estimate of drug-likeness (QED) is 0.512. The van der Waals surface area contributed by atoms with Crippen molar-refractivity contribution >= 4 is 29.6 Å². The van der Waals surface area contributed by atoms with Crippen molar-refractivity contribution in [2.75, 3.05) is 4.90 Å². The number of carbonyl (C=O) groups is 3. The summed E-state index contributed by atoms with van der Waals surface area (Å²) in [5, 5.41) is 2.29. The molecule has 2 heterocycles. The largest absolute Gasteiger partial charge is 0.335 e. The van der Waals surface area contributed by atoms with E-state index in [2.05, 4.69) is 16.0 Å². The van der Waals surface area contributed by atoms with Crippen molar-refractivity contribution in [1.29, 1.82) is 0 Å². The first kappa shape index (κ1) is 20.3. The maximum absolute atomic E-state index is 13.2. The maximum atomic E-state index is 13.2. The molecule has 6 heteroatoms. The number of amides is 4. The fraction of sp³-hybridized carbons (Fsp3) is 0.160. The molecule has 0 atom stereocenters. The van der Waals surface area contributed by atoms with E-state index in [0.29, 0.717) is 5.69 Å². The van der Waals surface area contributed by atoms with Gasteiger partial charge >= 0.3 is 6.03 Å². The van der Waals surface area contributed by atoms with Crippen molar-refractivity contribution in [1.82, 2.24) is 9.88 Å². The third-order valence-electron chi connectivity index (χ3n) is 5.49. The molecule has 3 aromatic rings. The minimum Gasteiger partial charge on any atom is -0.318 e. The third-order valence-corrected chi connectivity index (χ3v) is 5.49. The second-order valence-corrected chi connectivity index (χ2v) is 7.75. The van der Waals surface area contributed by atoms with Gasteiger partial charge in [0.1, 0.15) is 5.57 Å². The van der Waals surface area contributed by atoms with Gasteiger partial charge in [0.2, 0.25) is 0 Å². The first-order valence-electron chi connectivity index (χ1n) is 10.0. The Kier molecular flexibility index (Phi) is 5.07. The summed E-state index contributed by atoms with van der Waals surface area (Å²) in [7, 11) is 0. The Balaban J connectivity index is 1.79. The predicted octanol–water partition coefficient (Wildman–Crippen LogP) is 4.38. The van der Waals surface area contributed by atoms with Crippen LogP contribution >= 0.6 is 0 Å². The molecule has 0 spiro atoms. The number of nitrogens with one attached hydrogen (secondary N) is 1. The van der Waals surface area contributed by atoms with Crippen LogP contribution in [0.3, 0.4) is 0 Å². The van der Waals surface area contributed by atoms with Crippen molar-refractivity contribution in [2.24, 2.45) is 0 Å². The molecule has 1 saturated heterocycles. The first-order valence-corrected chi connectivity index (χ1v) is 10.0. The summed E-state index contributed by atoms with van der Waals surface area (Å²) in [4.78, 5) is 39.2. The zero-order valence-corrected chi connectivity index (χ0v) is 17.9. The van der Waals surface area contributed by atoms with Crippen molar-refractivity contribution in [3.8, 4) is 5.69 Å². The van der Waals surface area contributed by atoms with Crippen LogP contribution in [0, 0.1) is 27.7 Å². The van der Waals surface area contributed by atoms with E-state index in [9.17, 15) is 14.4 Å². The normalized spacial score (nSPS) is 15.5. The van der Waals surface area contributed by atoms with E-state index in [-0.39, 0.29) is 5.57 Å². The number of anilines is 1. The highest BCUT2D eigenvalue weighted by Crippen LogP contribution is 2.27. The average molecular weight is 413 g/mol. The standard InChI is InChI=1S/C25H23N3O3/c1-15-8-7-10-20(12-15)27-17(3)13-19(18(27)4)14-21-23(29)26-25(31)28(24(21)30)22-11-6-5-9-16(22)2/h5-14H,1-4H3,(H,26,29,31)/b21-14+. The average Bonchev–Trinajstić information content (AvgIpc) is 2.99. The van der Waals surface area contributed by atoms with Crippen LogP contribution in [0.5, 0.6) is 0 Å². The second kappa shape index (κ2) is 7.72. The van der Waals surface area contributed by atoms with Crippen molar-refractivity contribution in [3.05, 3.63) is 88.2 Å². The summed E-state index contributed by atoms with van der Waals surface area (Å²) < 4.78 is 2.08. The van der Waals surface area contributed by atoms with Gasteiger partial charge in [-0.25, -0.2) is 9.69 Å². The van der Waals surface area contributed by atoms with E-state index >= 15 is 0 Å². The van der Waals surface area contributed by atoms with Gasteiger partial charge < -0.3 is 4.57 Å². The van der Waals surface area contributed by atoms with Gasteiger partial charge in [0.05, 0.1) is 5.69 Å². The van der Waals surface area contributed by atoms with Gasteiger partial charge in [-0.15, -0.1) is 0 Å². The van der Waals surface area contributed by atoms with Gasteiger partial charge in [-0.2, -0.15) is 0 Å². The molecule has 4 rings (SSSR count). The summed E-state index contributed by atoms with van der Waals surface area (Å²) in [6, 6.07) is 16.4. The van der Waals surface area contributed by atoms with Crippen molar-refractivity contribution < 1.29 is 14.4 Å². The fourth-order valence-electron chi connectivity index (χ4n) is 3.94. The molecule has 0 unspecified atom stereocenters. The Bertz CT molecular complexity index is 1270. The summed E-state index contributed by atoms with van der Waals surface area (Å²) >= 11 is 0. The van der Waals surface area contributed by atoms with E-state index in [1.165, 1.54) is 0 Å². The topological polar surface area (TPSA) is 71.4 Å². The van der Waals surface area contributed by atoms with Crippen LogP contribution in [-0.2, 0) is 9.59 Å². The Labute approximate surface area is 180 Å². The van der Waals surface area contributed by atoms with Gasteiger partial charge in [0, 0.05) is 17.1 Å². The molecule has 4 amide bonds. The summed E-state index contributed by atoms with van der Waals surface area (Å²) in [6.07, 6.45) is 1.56. The fourth-order valence-corrected chi connectivity index (χ4v) is 3.94. The van der Waals surface area contributed by atoms with Crippen LogP contribution in [0.4, 0.5) is 10.5 Å². The van der Waals surface area contributed by atoms with Crippen LogP contribution in [0.2, 0.25) is 0 Å². The summed E-state index contributed by atoms with van der Waals surface area (Å²) in [5.41, 5.74) is 5.91. The molecule has 1 N–H and O–H groups in total. The number of barbiturate groups is 1. The highest BCUT2D eigenvalue weighted by molar-refractivity contribution is 6.39. The molecule has 0 saturated carbocycles. The Morgan fingerprint density at radius 2 is 1.61 bits per heavy atom. The first-order chi connectivity index (χ1) is 14.8. The zero-order chi connectivity index (χ0) is 22.3. The Morgan fingerprint density at radius 1 is 0.871 bits per heavy atom. The molecule has 156 valence electrons. The number of imide groups is 2. The Hall–Kier alpha value is -3.93. The minimum absolute atomic E-state index is 0.0765. The Morgan fingerprint density at radius 3 is 2.32 bits per heavy atom. The van der Waals surface area contributed by atoms with Crippen molar-refractivity contribution in [2.45, 2.75) is 27.7 Å². The lowest BCUT2D eigenvalue weighted by Gasteiger charge is -2.27. The molecule has 1 aliphatic rings. The predicted molar refractivity (Wildman–Crippen MR) is 120 cm³/mol. The molecule has 0 bridgehead atoms. The summed E-state index contributed by atoms with van der Waals surface area (Å²) in [5.74, 6) is -1.33. The van der Waals surface area contributed by atoms with Crippen LogP contribution in [0.25, 0.3) is 11.8 Å². The molecule has 0 aliphatic carbocycles. The van der Waals surface area contributed by atoms with Crippen molar-refractivity contribution in [3.63, 3.8) is 0 Å². The number of para-hydroxylation sites is 1. The molecule has 1 aliphatic heterocycles. The second-order valence-electron chi connectivity index (χ2n) is 7.75. The van der Waals surface area contributed by atoms with Crippen LogP contribution in [-0.4, -0.2) is 22.4 Å². The number of hydrogen-bond donors (Lipinski definition) is 1. The smallest absolute Gasteiger partial charge is 0.318 e. The number of nitrogens with zero attached hydrogens (tertiary/aromatic N) is 2. The van der Waals surface area contributed by atoms with E-state index < -0.39 is 17.8 Å². The maximum Gasteiger partial charge on any atom is 0.335 e. The molecule has 0 radical (unpaired) electrons. The van der Waals surface area contributed by atoms with E-state index in [0.717, 1.165) is 38.7 Å². The molecule has 1 fully saturated rings. The van der Waals surface area contributed by atoms with E-state index in [4.69, 9.17) is 0 Å². The van der Waals surface area contributed by atoms with Gasteiger partial charge in [-0.1, -0.05) is 30.3 Å². The number of rotatable bonds is 3. The summed E-state index contributed by atoms with van der Waals surface area (Å²) in [6.45, 7) is 7.76. The minimum atomic E-state index is -0.744. The lowest BCUT2D eigenvalue weighted by atomic mass is 10.1. The number of urea groups is 1. The highest BCUT2D eigenvalue weighted by atomic mass is 16.2.